The van der Waals surface area contributed by atoms with E-state index in [0.29, 0.717) is 28.2 Å². The molecule has 0 aliphatic carbocycles. The van der Waals surface area contributed by atoms with Gasteiger partial charge in [-0.1, -0.05) is 64.7 Å². The quantitative estimate of drug-likeness (QED) is 0.531. The van der Waals surface area contributed by atoms with E-state index in [1.807, 2.05) is 30.5 Å². The molecule has 0 aliphatic rings. The smallest absolute Gasteiger partial charge is 0.248 e. The lowest BCUT2D eigenvalue weighted by molar-refractivity contribution is 0.789. The Bertz CT molecular complexity index is 1060. The largest absolute Gasteiger partial charge is 0.349 e. The molecule has 0 saturated carbocycles. The summed E-state index contributed by atoms with van der Waals surface area (Å²) in [5.41, 5.74) is 3.85. The molecular weight excluding hydrogens is 383 g/mol. The van der Waals surface area contributed by atoms with Crippen LogP contribution in [0.1, 0.15) is 5.56 Å². The van der Waals surface area contributed by atoms with Crippen molar-refractivity contribution in [2.24, 2.45) is 0 Å². The van der Waals surface area contributed by atoms with Crippen molar-refractivity contribution in [2.45, 2.75) is 6.54 Å². The molecule has 0 fully saturated rings. The molecule has 4 aromatic rings. The first-order valence-electron chi connectivity index (χ1n) is 8.19. The van der Waals surface area contributed by atoms with E-state index in [1.165, 1.54) is 4.68 Å². The number of pyridine rings is 1. The molecule has 0 atom stereocenters. The third-order valence-electron chi connectivity index (χ3n) is 4.06. The minimum absolute atomic E-state index is 0.394. The summed E-state index contributed by atoms with van der Waals surface area (Å²) in [4.78, 5) is 4.20. The van der Waals surface area contributed by atoms with Crippen LogP contribution >= 0.6 is 23.2 Å². The van der Waals surface area contributed by atoms with Gasteiger partial charge in [-0.25, -0.2) is 0 Å². The molecule has 2 aromatic heterocycles. The van der Waals surface area contributed by atoms with Crippen LogP contribution in [0, 0.1) is 0 Å². The van der Waals surface area contributed by atoms with E-state index in [0.717, 1.165) is 16.7 Å². The first-order valence-corrected chi connectivity index (χ1v) is 8.94. The highest BCUT2D eigenvalue weighted by atomic mass is 35.5. The van der Waals surface area contributed by atoms with Gasteiger partial charge in [0.15, 0.2) is 0 Å². The van der Waals surface area contributed by atoms with Crippen molar-refractivity contribution in [3.05, 3.63) is 82.6 Å². The Balaban J connectivity index is 1.62. The highest BCUT2D eigenvalue weighted by molar-refractivity contribution is 6.43. The minimum atomic E-state index is 0.394. The number of tetrazole rings is 1. The SMILES string of the molecule is Clc1cccc(-n2nnnc2NCc2ccccc2-c2cccnc2)c1Cl. The number of benzene rings is 2. The summed E-state index contributed by atoms with van der Waals surface area (Å²) < 4.78 is 1.53. The van der Waals surface area contributed by atoms with E-state index >= 15 is 0 Å². The normalized spacial score (nSPS) is 10.7. The summed E-state index contributed by atoms with van der Waals surface area (Å²) in [6.45, 7) is 0.531. The fourth-order valence-corrected chi connectivity index (χ4v) is 3.14. The van der Waals surface area contributed by atoms with Gasteiger partial charge in [0.05, 0.1) is 15.7 Å². The molecule has 4 rings (SSSR count). The van der Waals surface area contributed by atoms with E-state index < -0.39 is 0 Å². The molecular formula is C19H14Cl2N6. The lowest BCUT2D eigenvalue weighted by atomic mass is 10.0. The summed E-state index contributed by atoms with van der Waals surface area (Å²) in [7, 11) is 0. The van der Waals surface area contributed by atoms with Gasteiger partial charge in [-0.05, 0) is 39.8 Å². The lowest BCUT2D eigenvalue weighted by Crippen LogP contribution is -2.08. The molecule has 0 bridgehead atoms. The second kappa shape index (κ2) is 7.73. The summed E-state index contributed by atoms with van der Waals surface area (Å²) in [6.07, 6.45) is 3.60. The Kier molecular flexibility index (Phi) is 5.00. The van der Waals surface area contributed by atoms with Crippen molar-refractivity contribution < 1.29 is 0 Å². The number of hydrogen-bond acceptors (Lipinski definition) is 5. The predicted octanol–water partition coefficient (Wildman–Crippen LogP) is 4.64. The van der Waals surface area contributed by atoms with E-state index in [2.05, 4.69) is 38.0 Å². The molecule has 8 heteroatoms. The van der Waals surface area contributed by atoms with Crippen molar-refractivity contribution >= 4 is 29.2 Å². The number of nitrogens with one attached hydrogen (secondary N) is 1. The monoisotopic (exact) mass is 396 g/mol. The average Bonchev–Trinajstić information content (AvgIpc) is 3.18. The fraction of sp³-hybridized carbons (Fsp3) is 0.0526. The summed E-state index contributed by atoms with van der Waals surface area (Å²) >= 11 is 12.4. The van der Waals surface area contributed by atoms with Gasteiger partial charge >= 0.3 is 0 Å². The highest BCUT2D eigenvalue weighted by Crippen LogP contribution is 2.29. The van der Waals surface area contributed by atoms with Crippen LogP contribution in [0.4, 0.5) is 5.95 Å². The molecule has 0 unspecified atom stereocenters. The second-order valence-electron chi connectivity index (χ2n) is 5.74. The number of nitrogens with zero attached hydrogens (tertiary/aromatic N) is 5. The van der Waals surface area contributed by atoms with E-state index in [9.17, 15) is 0 Å². The first-order chi connectivity index (χ1) is 13.2. The van der Waals surface area contributed by atoms with Gasteiger partial charge in [0, 0.05) is 24.5 Å². The summed E-state index contributed by atoms with van der Waals surface area (Å²) in [5, 5.41) is 15.9. The van der Waals surface area contributed by atoms with Crippen molar-refractivity contribution in [1.82, 2.24) is 25.2 Å². The van der Waals surface area contributed by atoms with Gasteiger partial charge in [0.2, 0.25) is 5.95 Å². The highest BCUT2D eigenvalue weighted by Gasteiger charge is 2.14. The third-order valence-corrected chi connectivity index (χ3v) is 4.86. The molecule has 27 heavy (non-hydrogen) atoms. The number of hydrogen-bond donors (Lipinski definition) is 1. The number of rotatable bonds is 5. The second-order valence-corrected chi connectivity index (χ2v) is 6.52. The Labute approximate surface area is 165 Å². The van der Waals surface area contributed by atoms with Crippen LogP contribution in [0.2, 0.25) is 10.0 Å². The Morgan fingerprint density at radius 1 is 0.963 bits per heavy atom. The Morgan fingerprint density at radius 3 is 2.70 bits per heavy atom. The van der Waals surface area contributed by atoms with E-state index in [-0.39, 0.29) is 0 Å². The molecule has 0 amide bonds. The topological polar surface area (TPSA) is 68.5 Å². The molecule has 1 N–H and O–H groups in total. The number of aromatic nitrogens is 5. The maximum absolute atomic E-state index is 6.30. The fourth-order valence-electron chi connectivity index (χ4n) is 2.77. The van der Waals surface area contributed by atoms with Crippen molar-refractivity contribution in [2.75, 3.05) is 5.32 Å². The van der Waals surface area contributed by atoms with Crippen LogP contribution in [0.15, 0.2) is 67.0 Å². The molecule has 0 spiro atoms. The molecule has 0 aliphatic heterocycles. The summed E-state index contributed by atoms with van der Waals surface area (Å²) in [5.74, 6) is 0.472. The van der Waals surface area contributed by atoms with Crippen LogP contribution in [-0.2, 0) is 6.54 Å². The van der Waals surface area contributed by atoms with Gasteiger partial charge in [-0.3, -0.25) is 4.98 Å². The standard InChI is InChI=1S/C19H14Cl2N6/c20-16-8-3-9-17(18(16)21)27-19(24-25-26-27)23-12-14-5-1-2-7-15(14)13-6-4-10-22-11-13/h1-11H,12H2,(H,23,24,26). The van der Waals surface area contributed by atoms with E-state index in [1.54, 1.807) is 24.4 Å². The third kappa shape index (κ3) is 3.63. The Hall–Kier alpha value is -2.96. The predicted molar refractivity (Wildman–Crippen MR) is 106 cm³/mol. The molecule has 2 heterocycles. The maximum atomic E-state index is 6.30. The van der Waals surface area contributed by atoms with Crippen LogP contribution in [0.3, 0.4) is 0 Å². The first kappa shape index (κ1) is 17.5. The van der Waals surface area contributed by atoms with Crippen LogP contribution in [-0.4, -0.2) is 25.2 Å². The molecule has 6 nitrogen and oxygen atoms in total. The lowest BCUT2D eigenvalue weighted by Gasteiger charge is -2.12. The number of anilines is 1. The van der Waals surface area contributed by atoms with Crippen LogP contribution in [0.5, 0.6) is 0 Å². The van der Waals surface area contributed by atoms with Gasteiger partial charge in [0.25, 0.3) is 0 Å². The number of halogens is 2. The molecule has 0 radical (unpaired) electrons. The Morgan fingerprint density at radius 2 is 1.85 bits per heavy atom. The summed E-state index contributed by atoms with van der Waals surface area (Å²) in [6, 6.07) is 17.4. The molecule has 2 aromatic carbocycles. The van der Waals surface area contributed by atoms with Gasteiger partial charge in [0.1, 0.15) is 0 Å². The zero-order chi connectivity index (χ0) is 18.6. The van der Waals surface area contributed by atoms with Crippen molar-refractivity contribution in [3.8, 4) is 16.8 Å². The molecule has 134 valence electrons. The van der Waals surface area contributed by atoms with Crippen LogP contribution < -0.4 is 5.32 Å². The molecule has 0 saturated heterocycles. The zero-order valence-corrected chi connectivity index (χ0v) is 15.6. The van der Waals surface area contributed by atoms with Crippen molar-refractivity contribution in [3.63, 3.8) is 0 Å². The van der Waals surface area contributed by atoms with Crippen molar-refractivity contribution in [1.29, 1.82) is 0 Å². The van der Waals surface area contributed by atoms with Gasteiger partial charge < -0.3 is 5.32 Å². The van der Waals surface area contributed by atoms with Crippen LogP contribution in [0.25, 0.3) is 16.8 Å². The van der Waals surface area contributed by atoms with E-state index in [4.69, 9.17) is 23.2 Å². The van der Waals surface area contributed by atoms with Gasteiger partial charge in [-0.15, -0.1) is 0 Å². The minimum Gasteiger partial charge on any atom is -0.349 e. The average molecular weight is 397 g/mol. The van der Waals surface area contributed by atoms with Gasteiger partial charge in [-0.2, -0.15) is 4.68 Å². The maximum Gasteiger partial charge on any atom is 0.248 e. The zero-order valence-electron chi connectivity index (χ0n) is 14.0.